The van der Waals surface area contributed by atoms with Crippen molar-refractivity contribution >= 4 is 28.2 Å². The second-order valence-electron chi connectivity index (χ2n) is 7.25. The molecule has 2 aromatic rings. The molecule has 0 amide bonds. The molecule has 7 nitrogen and oxygen atoms in total. The summed E-state index contributed by atoms with van der Waals surface area (Å²) in [5, 5.41) is 8.89. The van der Waals surface area contributed by atoms with Gasteiger partial charge in [0.15, 0.2) is 11.6 Å². The van der Waals surface area contributed by atoms with Crippen LogP contribution < -0.4 is 21.8 Å². The Morgan fingerprint density at radius 1 is 1.15 bits per heavy atom. The Balaban J connectivity index is 2.03. The molecule has 0 atom stereocenters. The maximum Gasteiger partial charge on any atom is 0.341 e. The molecule has 2 fully saturated rings. The summed E-state index contributed by atoms with van der Waals surface area (Å²) < 4.78 is 31.9. The number of pyridine rings is 1. The van der Waals surface area contributed by atoms with Crippen LogP contribution in [-0.2, 0) is 0 Å². The molecule has 1 aromatic carbocycles. The zero-order valence-electron chi connectivity index (χ0n) is 14.5. The van der Waals surface area contributed by atoms with Gasteiger partial charge in [-0.3, -0.25) is 4.79 Å². The third-order valence-electron chi connectivity index (χ3n) is 5.39. The van der Waals surface area contributed by atoms with E-state index in [9.17, 15) is 14.7 Å². The third-order valence-corrected chi connectivity index (χ3v) is 5.39. The summed E-state index contributed by atoms with van der Waals surface area (Å²) in [5.41, 5.74) is 9.31. The molecular weight excluding hydrogens is 358 g/mol. The fraction of sp³-hybridized carbons (Fsp3) is 0.444. The van der Waals surface area contributed by atoms with Gasteiger partial charge in [-0.15, -0.1) is 0 Å². The quantitative estimate of drug-likeness (QED) is 0.702. The fourth-order valence-electron chi connectivity index (χ4n) is 3.75. The van der Waals surface area contributed by atoms with Crippen LogP contribution in [0.5, 0.6) is 0 Å². The third kappa shape index (κ3) is 2.73. The number of rotatable bonds is 3. The van der Waals surface area contributed by atoms with Crippen LogP contribution in [-0.4, -0.2) is 34.8 Å². The maximum atomic E-state index is 15.5. The number of carboxylic acids is 1. The van der Waals surface area contributed by atoms with Crippen LogP contribution in [0.3, 0.4) is 0 Å². The van der Waals surface area contributed by atoms with E-state index in [1.54, 1.807) is 4.90 Å². The second-order valence-corrected chi connectivity index (χ2v) is 7.25. The van der Waals surface area contributed by atoms with Crippen LogP contribution in [0, 0.1) is 11.6 Å². The van der Waals surface area contributed by atoms with Gasteiger partial charge in [-0.1, -0.05) is 0 Å². The van der Waals surface area contributed by atoms with Crippen molar-refractivity contribution in [2.24, 2.45) is 5.73 Å². The number of benzene rings is 1. The van der Waals surface area contributed by atoms with Crippen molar-refractivity contribution in [2.45, 2.75) is 37.8 Å². The lowest BCUT2D eigenvalue weighted by atomic mass is 10.0. The van der Waals surface area contributed by atoms with Crippen LogP contribution in [0.2, 0.25) is 0 Å². The molecule has 9 heteroatoms. The number of halogens is 2. The minimum absolute atomic E-state index is 0.0204. The number of nitrogens with two attached hydrogens (primary N) is 2. The standard InChI is InChI=1S/C18H20F2N4O3/c19-12-14(22)11-15(13(20)16(12)23-5-3-8(21)4-6-23)24(9-1-2-9)7-10(17(11)25)18(26)27/h7-9H,1-6,21-22H2,(H,26,27). The van der Waals surface area contributed by atoms with E-state index >= 15 is 8.78 Å². The number of nitrogens with zero attached hydrogens (tertiary/aromatic N) is 2. The molecule has 1 saturated carbocycles. The van der Waals surface area contributed by atoms with Gasteiger partial charge >= 0.3 is 5.97 Å². The monoisotopic (exact) mass is 378 g/mol. The first-order valence-electron chi connectivity index (χ1n) is 8.90. The number of carboxylic acid groups (broad SMARTS) is 1. The molecular formula is C18H20F2N4O3. The lowest BCUT2D eigenvalue weighted by Gasteiger charge is -2.33. The normalized spacial score (nSPS) is 18.3. The largest absolute Gasteiger partial charge is 0.477 e. The van der Waals surface area contributed by atoms with E-state index in [2.05, 4.69) is 0 Å². The SMILES string of the molecule is Nc1c(F)c(N2CCC(N)CC2)c(F)c2c1c(=O)c(C(=O)O)cn2C1CC1. The van der Waals surface area contributed by atoms with Gasteiger partial charge in [-0.05, 0) is 25.7 Å². The molecule has 1 saturated heterocycles. The number of fused-ring (bicyclic) bond motifs is 1. The first-order chi connectivity index (χ1) is 12.8. The average Bonchev–Trinajstić information content (AvgIpc) is 3.46. The summed E-state index contributed by atoms with van der Waals surface area (Å²) in [6.45, 7) is 0.752. The van der Waals surface area contributed by atoms with E-state index in [0.29, 0.717) is 25.9 Å². The number of piperidine rings is 1. The zero-order valence-corrected chi connectivity index (χ0v) is 14.5. The molecule has 2 heterocycles. The molecule has 5 N–H and O–H groups in total. The highest BCUT2D eigenvalue weighted by Crippen LogP contribution is 2.41. The summed E-state index contributed by atoms with van der Waals surface area (Å²) in [6.07, 6.45) is 3.76. The van der Waals surface area contributed by atoms with Crippen LogP contribution >= 0.6 is 0 Å². The molecule has 144 valence electrons. The molecule has 4 rings (SSSR count). The van der Waals surface area contributed by atoms with Crippen molar-refractivity contribution < 1.29 is 18.7 Å². The highest BCUT2D eigenvalue weighted by Gasteiger charge is 2.33. The number of carbonyl (C=O) groups is 1. The van der Waals surface area contributed by atoms with Gasteiger partial charge < -0.3 is 26.0 Å². The van der Waals surface area contributed by atoms with Gasteiger partial charge in [0.25, 0.3) is 0 Å². The van der Waals surface area contributed by atoms with Crippen LogP contribution in [0.15, 0.2) is 11.0 Å². The highest BCUT2D eigenvalue weighted by atomic mass is 19.1. The molecule has 0 radical (unpaired) electrons. The van der Waals surface area contributed by atoms with Gasteiger partial charge in [-0.2, -0.15) is 0 Å². The summed E-state index contributed by atoms with van der Waals surface area (Å²) in [7, 11) is 0. The Bertz CT molecular complexity index is 1010. The number of nitrogen functional groups attached to an aromatic ring is 1. The summed E-state index contributed by atoms with van der Waals surface area (Å²) >= 11 is 0. The predicted molar refractivity (Wildman–Crippen MR) is 97.2 cm³/mol. The van der Waals surface area contributed by atoms with Crippen LogP contribution in [0.1, 0.15) is 42.1 Å². The summed E-state index contributed by atoms with van der Waals surface area (Å²) in [5.74, 6) is -3.36. The second kappa shape index (κ2) is 6.19. The van der Waals surface area contributed by atoms with Crippen molar-refractivity contribution in [3.05, 3.63) is 33.6 Å². The topological polar surface area (TPSA) is 115 Å². The van der Waals surface area contributed by atoms with Gasteiger partial charge in [0, 0.05) is 31.4 Å². The summed E-state index contributed by atoms with van der Waals surface area (Å²) in [6, 6.07) is -0.152. The molecule has 1 aromatic heterocycles. The maximum absolute atomic E-state index is 15.5. The molecule has 0 bridgehead atoms. The number of hydrogen-bond donors (Lipinski definition) is 3. The van der Waals surface area contributed by atoms with Crippen molar-refractivity contribution in [3.8, 4) is 0 Å². The Morgan fingerprint density at radius 3 is 2.33 bits per heavy atom. The molecule has 0 spiro atoms. The lowest BCUT2D eigenvalue weighted by molar-refractivity contribution is 0.0695. The lowest BCUT2D eigenvalue weighted by Crippen LogP contribution is -2.40. The van der Waals surface area contributed by atoms with E-state index in [-0.39, 0.29) is 23.3 Å². The van der Waals surface area contributed by atoms with E-state index in [1.165, 1.54) is 4.57 Å². The van der Waals surface area contributed by atoms with Crippen molar-refractivity contribution in [2.75, 3.05) is 23.7 Å². The van der Waals surface area contributed by atoms with Crippen LogP contribution in [0.4, 0.5) is 20.2 Å². The van der Waals surface area contributed by atoms with Gasteiger partial charge in [0.1, 0.15) is 11.3 Å². The Morgan fingerprint density at radius 2 is 1.78 bits per heavy atom. The van der Waals surface area contributed by atoms with E-state index in [4.69, 9.17) is 11.5 Å². The number of hydrogen-bond acceptors (Lipinski definition) is 5. The minimum atomic E-state index is -1.45. The van der Waals surface area contributed by atoms with Crippen LogP contribution in [0.25, 0.3) is 10.9 Å². The average molecular weight is 378 g/mol. The molecule has 1 aliphatic heterocycles. The Kier molecular flexibility index (Phi) is 4.06. The van der Waals surface area contributed by atoms with Crippen molar-refractivity contribution in [3.63, 3.8) is 0 Å². The fourth-order valence-corrected chi connectivity index (χ4v) is 3.75. The highest BCUT2D eigenvalue weighted by molar-refractivity contribution is 5.99. The van der Waals surface area contributed by atoms with E-state index in [1.807, 2.05) is 0 Å². The molecule has 1 aliphatic carbocycles. The first kappa shape index (κ1) is 17.7. The molecule has 2 aliphatic rings. The smallest absolute Gasteiger partial charge is 0.341 e. The predicted octanol–water partition coefficient (Wildman–Crippen LogP) is 1.82. The van der Waals surface area contributed by atoms with Crippen molar-refractivity contribution in [1.29, 1.82) is 0 Å². The zero-order chi connectivity index (χ0) is 19.5. The van der Waals surface area contributed by atoms with E-state index < -0.39 is 39.7 Å². The van der Waals surface area contributed by atoms with Gasteiger partial charge in [0.2, 0.25) is 5.43 Å². The minimum Gasteiger partial charge on any atom is -0.477 e. The number of anilines is 2. The van der Waals surface area contributed by atoms with E-state index in [0.717, 1.165) is 19.0 Å². The molecule has 27 heavy (non-hydrogen) atoms. The number of aromatic nitrogens is 1. The Labute approximate surface area is 153 Å². The first-order valence-corrected chi connectivity index (χ1v) is 8.90. The van der Waals surface area contributed by atoms with Gasteiger partial charge in [-0.25, -0.2) is 13.6 Å². The van der Waals surface area contributed by atoms with Gasteiger partial charge in [0.05, 0.1) is 16.6 Å². The number of aromatic carboxylic acids is 1. The summed E-state index contributed by atoms with van der Waals surface area (Å²) in [4.78, 5) is 25.6. The van der Waals surface area contributed by atoms with Crippen molar-refractivity contribution in [1.82, 2.24) is 4.57 Å². The molecule has 0 unspecified atom stereocenters. The Hall–Kier alpha value is -2.68.